The first kappa shape index (κ1) is 8.52. The third kappa shape index (κ3) is 2.23. The molecule has 0 saturated heterocycles. The molecule has 1 aromatic rings. The van der Waals surface area contributed by atoms with E-state index in [0.29, 0.717) is 5.56 Å². The Hall–Kier alpha value is -1.58. The summed E-state index contributed by atoms with van der Waals surface area (Å²) in [6, 6.07) is 5.54. The molecule has 0 saturated carbocycles. The van der Waals surface area contributed by atoms with Crippen LogP contribution < -0.4 is 0 Å². The van der Waals surface area contributed by atoms with Crippen LogP contribution in [0.25, 0.3) is 0 Å². The number of carbonyl (C=O) groups is 1. The van der Waals surface area contributed by atoms with Crippen LogP contribution in [0.5, 0.6) is 0 Å². The lowest BCUT2D eigenvalue weighted by molar-refractivity contribution is -0.117. The molecule has 0 aromatic heterocycles. The molecule has 1 rings (SSSR count). The molecule has 0 atom stereocenters. The Kier molecular flexibility index (Phi) is 2.63. The molecule has 0 aliphatic heterocycles. The summed E-state index contributed by atoms with van der Waals surface area (Å²) in [5.41, 5.74) is 7.07. The van der Waals surface area contributed by atoms with Crippen molar-refractivity contribution in [2.45, 2.75) is 6.42 Å². The molecule has 0 unspecified atom stereocenters. The van der Waals surface area contributed by atoms with Crippen molar-refractivity contribution < 1.29 is 9.18 Å². The maximum atomic E-state index is 12.4. The lowest BCUT2D eigenvalue weighted by Gasteiger charge is -1.94. The minimum Gasteiger partial charge on any atom is -0.271 e. The molecule has 0 spiro atoms. The fourth-order valence-corrected chi connectivity index (χ4v) is 0.816. The number of rotatable bonds is 2. The first-order valence-electron chi connectivity index (χ1n) is 3.37. The average Bonchev–Trinajstić information content (AvgIpc) is 2.09. The fourth-order valence-electron chi connectivity index (χ4n) is 0.816. The van der Waals surface area contributed by atoms with Gasteiger partial charge in [0.15, 0.2) is 0 Å². The smallest absolute Gasteiger partial charge is 0.268 e. The summed E-state index contributed by atoms with van der Waals surface area (Å²) in [6.07, 6.45) is 0.0593. The van der Waals surface area contributed by atoms with Crippen LogP contribution in [0.4, 0.5) is 4.39 Å². The molecule has 0 aliphatic carbocycles. The zero-order valence-corrected chi connectivity index (χ0v) is 6.25. The van der Waals surface area contributed by atoms with Gasteiger partial charge in [0.1, 0.15) is 5.82 Å². The minimum absolute atomic E-state index is 0.0593. The van der Waals surface area contributed by atoms with Gasteiger partial charge in [-0.05, 0) is 17.7 Å². The third-order valence-corrected chi connectivity index (χ3v) is 1.39. The van der Waals surface area contributed by atoms with E-state index >= 15 is 0 Å². The lowest BCUT2D eigenvalue weighted by Crippen LogP contribution is -1.97. The van der Waals surface area contributed by atoms with E-state index in [1.165, 1.54) is 24.3 Å². The van der Waals surface area contributed by atoms with E-state index in [9.17, 15) is 9.18 Å². The highest BCUT2D eigenvalue weighted by Gasteiger charge is 2.00. The van der Waals surface area contributed by atoms with Crippen molar-refractivity contribution in [1.82, 2.24) is 0 Å². The van der Waals surface area contributed by atoms with E-state index in [4.69, 9.17) is 5.53 Å². The Morgan fingerprint density at radius 3 is 2.50 bits per heavy atom. The van der Waals surface area contributed by atoms with Crippen LogP contribution in [0.1, 0.15) is 5.56 Å². The molecular formula is C8H7FN2O. The lowest BCUT2D eigenvalue weighted by atomic mass is 10.1. The van der Waals surface area contributed by atoms with Gasteiger partial charge in [-0.15, -0.1) is 5.11 Å². The van der Waals surface area contributed by atoms with E-state index in [2.05, 4.69) is 5.11 Å². The normalized spacial score (nSPS) is 9.42. The number of nitrogens with zero attached hydrogens (tertiary/aromatic N) is 1. The maximum absolute atomic E-state index is 12.4. The summed E-state index contributed by atoms with van der Waals surface area (Å²) in [7, 11) is 0. The second-order valence-corrected chi connectivity index (χ2v) is 2.31. The maximum Gasteiger partial charge on any atom is 0.268 e. The monoisotopic (exact) mass is 166 g/mol. The number of benzene rings is 1. The van der Waals surface area contributed by atoms with Gasteiger partial charge in [0.2, 0.25) is 0 Å². The topological polar surface area (TPSA) is 53.3 Å². The van der Waals surface area contributed by atoms with Gasteiger partial charge in [-0.25, -0.2) is 9.92 Å². The number of hydrogen-bond acceptors (Lipinski definition) is 2. The zero-order valence-electron chi connectivity index (χ0n) is 6.25. The molecule has 0 aliphatic rings. The van der Waals surface area contributed by atoms with Gasteiger partial charge in [0.25, 0.3) is 5.91 Å². The fraction of sp³-hybridized carbons (Fsp3) is 0.125. The van der Waals surface area contributed by atoms with Crippen LogP contribution in [-0.4, -0.2) is 5.91 Å². The molecule has 0 fully saturated rings. The molecule has 1 amide bonds. The van der Waals surface area contributed by atoms with Crippen LogP contribution in [0.15, 0.2) is 29.4 Å². The van der Waals surface area contributed by atoms with Gasteiger partial charge in [-0.2, -0.15) is 0 Å². The Balaban J connectivity index is 2.71. The first-order valence-corrected chi connectivity index (χ1v) is 3.37. The predicted octanol–water partition coefficient (Wildman–Crippen LogP) is 1.93. The highest BCUT2D eigenvalue weighted by atomic mass is 19.1. The molecule has 12 heavy (non-hydrogen) atoms. The van der Waals surface area contributed by atoms with Crippen LogP contribution in [0, 0.1) is 11.3 Å². The van der Waals surface area contributed by atoms with Crippen molar-refractivity contribution in [1.29, 1.82) is 5.53 Å². The highest BCUT2D eigenvalue weighted by Crippen LogP contribution is 2.03. The van der Waals surface area contributed by atoms with E-state index in [-0.39, 0.29) is 12.2 Å². The predicted molar refractivity (Wildman–Crippen MR) is 40.3 cm³/mol. The van der Waals surface area contributed by atoms with E-state index in [1.54, 1.807) is 0 Å². The number of amides is 1. The largest absolute Gasteiger partial charge is 0.271 e. The summed E-state index contributed by atoms with van der Waals surface area (Å²) < 4.78 is 12.4. The molecule has 0 radical (unpaired) electrons. The molecule has 0 heterocycles. The number of nitrogens with one attached hydrogen (secondary N) is 1. The Morgan fingerprint density at radius 2 is 2.00 bits per heavy atom. The van der Waals surface area contributed by atoms with Crippen LogP contribution >= 0.6 is 0 Å². The van der Waals surface area contributed by atoms with Gasteiger partial charge in [0.05, 0.1) is 6.42 Å². The molecule has 1 N–H and O–H groups in total. The second-order valence-electron chi connectivity index (χ2n) is 2.31. The quantitative estimate of drug-likeness (QED) is 0.670. The summed E-state index contributed by atoms with van der Waals surface area (Å²) in [5, 5.41) is 2.72. The number of carbonyl (C=O) groups excluding carboxylic acids is 1. The SMILES string of the molecule is N=NC(=O)Cc1ccc(F)cc1. The van der Waals surface area contributed by atoms with E-state index < -0.39 is 5.91 Å². The van der Waals surface area contributed by atoms with Gasteiger partial charge in [-0.3, -0.25) is 4.79 Å². The van der Waals surface area contributed by atoms with Gasteiger partial charge < -0.3 is 0 Å². The van der Waals surface area contributed by atoms with E-state index in [0.717, 1.165) is 0 Å². The first-order chi connectivity index (χ1) is 5.72. The van der Waals surface area contributed by atoms with Gasteiger partial charge >= 0.3 is 0 Å². The standard InChI is InChI=1S/C8H7FN2O/c9-7-3-1-6(2-4-7)5-8(12)11-10/h1-4,10H,5H2. The van der Waals surface area contributed by atoms with Crippen molar-refractivity contribution >= 4 is 5.91 Å². The zero-order chi connectivity index (χ0) is 8.97. The number of hydrogen-bond donors (Lipinski definition) is 1. The highest BCUT2D eigenvalue weighted by molar-refractivity contribution is 5.78. The molecular weight excluding hydrogens is 159 g/mol. The van der Waals surface area contributed by atoms with Crippen LogP contribution in [0.2, 0.25) is 0 Å². The van der Waals surface area contributed by atoms with Gasteiger partial charge in [-0.1, -0.05) is 12.1 Å². The average molecular weight is 166 g/mol. The molecule has 62 valence electrons. The van der Waals surface area contributed by atoms with Crippen molar-refractivity contribution in [3.05, 3.63) is 35.6 Å². The molecule has 0 bridgehead atoms. The Morgan fingerprint density at radius 1 is 1.42 bits per heavy atom. The van der Waals surface area contributed by atoms with Crippen LogP contribution in [0.3, 0.4) is 0 Å². The van der Waals surface area contributed by atoms with Gasteiger partial charge in [0, 0.05) is 0 Å². The van der Waals surface area contributed by atoms with Crippen molar-refractivity contribution in [3.63, 3.8) is 0 Å². The van der Waals surface area contributed by atoms with Crippen molar-refractivity contribution in [2.24, 2.45) is 5.11 Å². The van der Waals surface area contributed by atoms with Crippen molar-refractivity contribution in [2.75, 3.05) is 0 Å². The molecule has 3 nitrogen and oxygen atoms in total. The minimum atomic E-state index is -0.526. The molecule has 1 aromatic carbocycles. The van der Waals surface area contributed by atoms with Crippen LogP contribution in [-0.2, 0) is 11.2 Å². The third-order valence-electron chi connectivity index (χ3n) is 1.39. The summed E-state index contributed by atoms with van der Waals surface area (Å²) in [5.74, 6) is -0.865. The van der Waals surface area contributed by atoms with E-state index in [1.807, 2.05) is 0 Å². The van der Waals surface area contributed by atoms with Crippen molar-refractivity contribution in [3.8, 4) is 0 Å². The second kappa shape index (κ2) is 3.71. The Bertz CT molecular complexity index is 294. The summed E-state index contributed by atoms with van der Waals surface area (Å²) in [4.78, 5) is 10.6. The summed E-state index contributed by atoms with van der Waals surface area (Å²) >= 11 is 0. The summed E-state index contributed by atoms with van der Waals surface area (Å²) in [6.45, 7) is 0. The Labute approximate surface area is 68.7 Å². The molecule has 4 heteroatoms. The number of halogens is 1.